The molecule has 5 heterocycles. The van der Waals surface area contributed by atoms with Gasteiger partial charge in [0, 0.05) is 46.7 Å². The molecule has 0 aliphatic carbocycles. The van der Waals surface area contributed by atoms with Gasteiger partial charge in [-0.3, -0.25) is 4.98 Å². The number of hydrogen-bond donors (Lipinski definition) is 0. The molecule has 234 valence electrons. The van der Waals surface area contributed by atoms with Crippen LogP contribution in [0, 0.1) is 12.1 Å². The topological polar surface area (TPSA) is 57.2 Å². The van der Waals surface area contributed by atoms with Crippen molar-refractivity contribution in [1.82, 2.24) is 23.9 Å². The van der Waals surface area contributed by atoms with Crippen molar-refractivity contribution in [3.8, 4) is 28.6 Å². The monoisotopic (exact) mass is 713 g/mol. The Morgan fingerprint density at radius 3 is 2.19 bits per heavy atom. The average Bonchev–Trinajstić information content (AvgIpc) is 3.69. The van der Waals surface area contributed by atoms with Crippen LogP contribution in [0.2, 0.25) is 0 Å². The molecule has 0 saturated heterocycles. The summed E-state index contributed by atoms with van der Waals surface area (Å²) < 4.78 is 10.8. The van der Waals surface area contributed by atoms with Crippen LogP contribution >= 0.6 is 0 Å². The predicted octanol–water partition coefficient (Wildman–Crippen LogP) is 9.88. The van der Waals surface area contributed by atoms with Crippen LogP contribution in [-0.2, 0) is 25.8 Å². The molecule has 48 heavy (non-hydrogen) atoms. The van der Waals surface area contributed by atoms with Gasteiger partial charge in [-0.15, -0.1) is 29.7 Å². The van der Waals surface area contributed by atoms with E-state index in [4.69, 9.17) is 19.7 Å². The summed E-state index contributed by atoms with van der Waals surface area (Å²) >= 11 is 0. The summed E-state index contributed by atoms with van der Waals surface area (Å²) in [6.07, 6.45) is 5.72. The number of fused-ring (bicyclic) bond motifs is 9. The van der Waals surface area contributed by atoms with E-state index in [9.17, 15) is 0 Å². The molecule has 0 unspecified atom stereocenters. The molecule has 0 bridgehead atoms. The number of hydrogen-bond acceptors (Lipinski definition) is 4. The van der Waals surface area contributed by atoms with Gasteiger partial charge >= 0.3 is 20.4 Å². The minimum Gasteiger partial charge on any atom is -0.503 e. The van der Waals surface area contributed by atoms with E-state index < -0.39 is 0 Å². The first-order chi connectivity index (χ1) is 22.9. The van der Waals surface area contributed by atoms with Gasteiger partial charge in [-0.2, -0.15) is 6.07 Å². The number of para-hydroxylation sites is 1. The number of aromatic nitrogens is 5. The second-order valence-corrected chi connectivity index (χ2v) is 12.8. The van der Waals surface area contributed by atoms with Crippen molar-refractivity contribution in [2.75, 3.05) is 0 Å². The Morgan fingerprint density at radius 2 is 1.35 bits per heavy atom. The fraction of sp³-hybridized carbons (Fsp3) is 0.0976. The molecule has 0 saturated carbocycles. The molecule has 9 aromatic rings. The molecule has 6 nitrogen and oxygen atoms in total. The zero-order valence-electron chi connectivity index (χ0n) is 26.5. The molecular weight excluding hydrogens is 685 g/mol. The molecule has 9 rings (SSSR count). The molecular formula is C41H29N5OPd. The summed E-state index contributed by atoms with van der Waals surface area (Å²) in [5, 5.41) is 5.14. The van der Waals surface area contributed by atoms with Gasteiger partial charge in [-0.1, -0.05) is 104 Å². The van der Waals surface area contributed by atoms with E-state index in [0.29, 0.717) is 11.5 Å². The molecule has 0 atom stereocenters. The Morgan fingerprint density at radius 1 is 0.646 bits per heavy atom. The van der Waals surface area contributed by atoms with Gasteiger partial charge in [-0.05, 0) is 34.4 Å². The van der Waals surface area contributed by atoms with E-state index in [2.05, 4.69) is 103 Å². The minimum atomic E-state index is -0.103. The smallest absolute Gasteiger partial charge is 0.503 e. The van der Waals surface area contributed by atoms with Crippen molar-refractivity contribution in [2.24, 2.45) is 0 Å². The Balaban J connectivity index is 0.00000336. The summed E-state index contributed by atoms with van der Waals surface area (Å²) in [5.41, 5.74) is 6.59. The summed E-state index contributed by atoms with van der Waals surface area (Å²) in [6, 6.07) is 42.1. The quantitative estimate of drug-likeness (QED) is 0.104. The van der Waals surface area contributed by atoms with Gasteiger partial charge < -0.3 is 13.7 Å². The van der Waals surface area contributed by atoms with Gasteiger partial charge in [0.15, 0.2) is 0 Å². The van der Waals surface area contributed by atoms with Crippen molar-refractivity contribution >= 4 is 49.3 Å². The van der Waals surface area contributed by atoms with E-state index in [-0.39, 0.29) is 25.8 Å². The van der Waals surface area contributed by atoms with Crippen LogP contribution < -0.4 is 4.74 Å². The van der Waals surface area contributed by atoms with Crippen molar-refractivity contribution < 1.29 is 25.2 Å². The van der Waals surface area contributed by atoms with E-state index >= 15 is 0 Å². The molecule has 0 aliphatic rings. The van der Waals surface area contributed by atoms with Gasteiger partial charge in [0.2, 0.25) is 0 Å². The van der Waals surface area contributed by atoms with Crippen LogP contribution in [0.25, 0.3) is 66.3 Å². The number of rotatable bonds is 4. The number of ether oxygens (including phenoxy) is 1. The first kappa shape index (κ1) is 30.0. The van der Waals surface area contributed by atoms with Crippen LogP contribution in [0.1, 0.15) is 26.3 Å². The molecule has 0 fully saturated rings. The normalized spacial score (nSPS) is 11.9. The van der Waals surface area contributed by atoms with Crippen molar-refractivity contribution in [2.45, 2.75) is 26.2 Å². The van der Waals surface area contributed by atoms with Gasteiger partial charge in [0.1, 0.15) is 11.5 Å². The average molecular weight is 714 g/mol. The Bertz CT molecular complexity index is 2650. The molecule has 4 aromatic carbocycles. The molecule has 0 spiro atoms. The summed E-state index contributed by atoms with van der Waals surface area (Å²) in [4.78, 5) is 14.7. The van der Waals surface area contributed by atoms with Crippen LogP contribution in [0.5, 0.6) is 11.5 Å². The number of benzene rings is 4. The van der Waals surface area contributed by atoms with E-state index in [1.54, 1.807) is 0 Å². The van der Waals surface area contributed by atoms with E-state index in [1.165, 1.54) is 0 Å². The number of imidazole rings is 1. The second kappa shape index (κ2) is 11.4. The summed E-state index contributed by atoms with van der Waals surface area (Å²) in [5.74, 6) is 2.07. The standard InChI is InChI=1S/C41H29N5O.Pd/c1-41(2,3)34-15-10-22-43-40(34)46-36-16-8-7-13-30(36)31-20-18-28(24-37(31)46)47-27-17-19-29-32-14-9-21-42-38(32)45-25-35(26-11-5-4-6-12-26)44-39(45)33(29)23-27;/h4-22,25H,1-3H3;/q-2;+2. The maximum absolute atomic E-state index is 6.53. The predicted molar refractivity (Wildman–Crippen MR) is 188 cm³/mol. The van der Waals surface area contributed by atoms with Gasteiger partial charge in [-0.25, -0.2) is 9.97 Å². The summed E-state index contributed by atoms with van der Waals surface area (Å²) in [6.45, 7) is 6.65. The van der Waals surface area contributed by atoms with Gasteiger partial charge in [0.25, 0.3) is 0 Å². The fourth-order valence-electron chi connectivity index (χ4n) is 6.63. The van der Waals surface area contributed by atoms with E-state index in [0.717, 1.165) is 71.9 Å². The summed E-state index contributed by atoms with van der Waals surface area (Å²) in [7, 11) is 0. The molecule has 0 aliphatic heterocycles. The third kappa shape index (κ3) is 4.78. The minimum absolute atomic E-state index is 0. The van der Waals surface area contributed by atoms with Crippen LogP contribution in [0.3, 0.4) is 0 Å². The Kier molecular flexibility index (Phi) is 7.14. The zero-order valence-corrected chi connectivity index (χ0v) is 28.1. The first-order valence-corrected chi connectivity index (χ1v) is 15.7. The van der Waals surface area contributed by atoms with Crippen LogP contribution in [0.15, 0.2) is 122 Å². The van der Waals surface area contributed by atoms with Crippen LogP contribution in [0.4, 0.5) is 0 Å². The zero-order chi connectivity index (χ0) is 31.7. The molecule has 7 heteroatoms. The van der Waals surface area contributed by atoms with Crippen LogP contribution in [-0.4, -0.2) is 23.9 Å². The molecule has 0 N–H and O–H groups in total. The third-order valence-electron chi connectivity index (χ3n) is 8.81. The maximum atomic E-state index is 6.53. The largest absolute Gasteiger partial charge is 2.00 e. The molecule has 0 radical (unpaired) electrons. The van der Waals surface area contributed by atoms with Crippen molar-refractivity contribution in [3.63, 3.8) is 0 Å². The maximum Gasteiger partial charge on any atom is 2.00 e. The fourth-order valence-corrected chi connectivity index (χ4v) is 6.63. The molecule has 5 aromatic heterocycles. The van der Waals surface area contributed by atoms with Crippen molar-refractivity contribution in [3.05, 3.63) is 139 Å². The second-order valence-electron chi connectivity index (χ2n) is 12.8. The first-order valence-electron chi connectivity index (χ1n) is 15.7. The Hall–Kier alpha value is -5.35. The van der Waals surface area contributed by atoms with E-state index in [1.807, 2.05) is 61.1 Å². The third-order valence-corrected chi connectivity index (χ3v) is 8.81. The SMILES string of the molecule is CC(C)(C)c1cccnc1-n1c2[c-]c(Oc3[c-]c4c(cc3)c3cccnc3n3cc(-c5ccccc5)nc43)ccc2c2ccccc21.[Pd+2]. The number of nitrogens with zero attached hydrogens (tertiary/aromatic N) is 5. The number of pyridine rings is 3. The molecule has 0 amide bonds. The Labute approximate surface area is 291 Å². The van der Waals surface area contributed by atoms with Gasteiger partial charge in [0.05, 0.1) is 11.3 Å². The van der Waals surface area contributed by atoms with Crippen molar-refractivity contribution in [1.29, 1.82) is 0 Å².